The molecule has 0 aliphatic heterocycles. The van der Waals surface area contributed by atoms with E-state index in [4.69, 9.17) is 0 Å². The Balaban J connectivity index is 0.000000500. The van der Waals surface area contributed by atoms with Gasteiger partial charge in [-0.3, -0.25) is 4.79 Å². The topological polar surface area (TPSA) is 17.1 Å². The fraction of sp³-hybridized carbons (Fsp3) is 0.213. The van der Waals surface area contributed by atoms with Crippen LogP contribution in [0.25, 0.3) is 0 Å². The fourth-order valence-corrected chi connectivity index (χ4v) is 9.06. The molecule has 0 bridgehead atoms. The molecule has 0 N–H and O–H groups in total. The first-order valence-electron chi connectivity index (χ1n) is 20.1. The predicted molar refractivity (Wildman–Crippen MR) is 224 cm³/mol. The molecule has 0 radical (unpaired) electrons. The minimum atomic E-state index is -6.13. The zero-order valence-corrected chi connectivity index (χ0v) is 37.2. The van der Waals surface area contributed by atoms with E-state index in [9.17, 15) is 110 Å². The molecule has 0 saturated heterocycles. The maximum Gasteiger partial charge on any atom is 0.416 e. The molecule has 74 heavy (non-hydrogen) atoms. The molecule has 0 fully saturated rings. The van der Waals surface area contributed by atoms with Gasteiger partial charge in [-0.05, 0) is 36.4 Å². The van der Waals surface area contributed by atoms with Crippen molar-refractivity contribution in [3.05, 3.63) is 184 Å². The number of halogens is 24. The summed E-state index contributed by atoms with van der Waals surface area (Å²) in [6, 6.07) is 10.9. The fourth-order valence-electron chi connectivity index (χ4n) is 7.71. The van der Waals surface area contributed by atoms with Gasteiger partial charge in [0.1, 0.15) is 12.4 Å². The highest BCUT2D eigenvalue weighted by Crippen LogP contribution is 2.41. The Hall–Kier alpha value is -6.28. The molecule has 0 saturated carbocycles. The van der Waals surface area contributed by atoms with Crippen LogP contribution in [0.5, 0.6) is 0 Å². The lowest BCUT2D eigenvalue weighted by Crippen LogP contribution is -2.75. The van der Waals surface area contributed by atoms with Gasteiger partial charge in [0.05, 0.1) is 44.5 Å². The predicted octanol–water partition coefficient (Wildman–Crippen LogP) is 14.4. The lowest BCUT2D eigenvalue weighted by Gasteiger charge is -2.46. The van der Waals surface area contributed by atoms with E-state index >= 15 is 0 Å². The van der Waals surface area contributed by atoms with Gasteiger partial charge in [-0.25, -0.2) is 0 Å². The van der Waals surface area contributed by atoms with Crippen molar-refractivity contribution in [2.45, 2.75) is 54.3 Å². The van der Waals surface area contributed by atoms with Gasteiger partial charge in [0, 0.05) is 16.5 Å². The van der Waals surface area contributed by atoms with E-state index in [1.807, 2.05) is 48.5 Å². The molecule has 6 rings (SSSR count). The van der Waals surface area contributed by atoms with Crippen molar-refractivity contribution < 1.29 is 110 Å². The second-order valence-corrected chi connectivity index (χ2v) is 18.1. The molecular formula is C47H27BF24OS. The summed E-state index contributed by atoms with van der Waals surface area (Å²) in [6.07, 6.45) is -52.7. The molecule has 0 aromatic heterocycles. The summed E-state index contributed by atoms with van der Waals surface area (Å²) in [7, 11) is -0.0135. The average molecular weight is 1110 g/mol. The smallest absolute Gasteiger partial charge is 0.289 e. The minimum absolute atomic E-state index is 0.0135. The van der Waals surface area contributed by atoms with Crippen LogP contribution in [-0.2, 0) is 60.3 Å². The average Bonchev–Trinajstić information content (AvgIpc) is 3.27. The van der Waals surface area contributed by atoms with Crippen molar-refractivity contribution in [2.75, 3.05) is 12.0 Å². The Morgan fingerprint density at radius 3 is 0.743 bits per heavy atom. The second kappa shape index (κ2) is 20.4. The second-order valence-electron chi connectivity index (χ2n) is 16.1. The summed E-state index contributed by atoms with van der Waals surface area (Å²) >= 11 is 0. The SMILES string of the molecule is C[S+](CC(=O)c1ccccc1)c1ccccc1.FC(F)(F)c1cc([B-](c2cc(C(F)(F)F)cc(C(F)(F)F)c2)(c2cc(C(F)(F)F)cc(C(F)(F)F)c2)c2cc(C(F)(F)F)cc(C(F)(F)F)c2)cc(C(F)(F)F)c1. The number of carbonyl (C=O) groups excluding carboxylic acids is 1. The van der Waals surface area contributed by atoms with Gasteiger partial charge in [-0.2, -0.15) is 127 Å². The van der Waals surface area contributed by atoms with Crippen LogP contribution in [0.4, 0.5) is 105 Å². The van der Waals surface area contributed by atoms with Gasteiger partial charge in [-0.1, -0.05) is 97.1 Å². The zero-order valence-electron chi connectivity index (χ0n) is 36.4. The molecule has 0 heterocycles. The molecule has 27 heteroatoms. The summed E-state index contributed by atoms with van der Waals surface area (Å²) in [5.74, 6) is 0.814. The van der Waals surface area contributed by atoms with Gasteiger partial charge in [0.15, 0.2) is 10.6 Å². The van der Waals surface area contributed by atoms with Crippen molar-refractivity contribution in [1.82, 2.24) is 0 Å². The number of alkyl halides is 24. The van der Waals surface area contributed by atoms with Crippen LogP contribution in [0.15, 0.2) is 138 Å². The Labute approximate surface area is 404 Å². The van der Waals surface area contributed by atoms with Gasteiger partial charge in [0.25, 0.3) is 0 Å². The summed E-state index contributed by atoms with van der Waals surface area (Å²) < 4.78 is 341. The standard InChI is InChI=1S/C32H12BF24.C15H15OS/c34-25(35,36)13-1-14(26(37,38)39)6-21(5-13)33(22-7-15(27(40,41)42)2-16(8-22)28(43,44)45,23-9-17(29(46,47)48)3-18(10-23)30(49,50)51)24-11-19(31(52,53)54)4-20(12-24)32(55,56)57;1-17(14-10-6-3-7-11-14)12-15(16)13-8-4-2-5-9-13/h1-12H;2-11H,12H2,1H3/q-1;+1. The number of carbonyl (C=O) groups is 1. The highest BCUT2D eigenvalue weighted by molar-refractivity contribution is 7.96. The number of hydrogen-bond acceptors (Lipinski definition) is 1. The maximum absolute atomic E-state index is 14.2. The van der Waals surface area contributed by atoms with E-state index < -0.39 is 195 Å². The maximum atomic E-state index is 14.2. The summed E-state index contributed by atoms with van der Waals surface area (Å²) in [5, 5.41) is 0. The molecule has 0 amide bonds. The van der Waals surface area contributed by atoms with Gasteiger partial charge < -0.3 is 0 Å². The molecule has 0 spiro atoms. The van der Waals surface area contributed by atoms with Crippen molar-refractivity contribution >= 4 is 44.7 Å². The van der Waals surface area contributed by atoms with Crippen molar-refractivity contribution in [1.29, 1.82) is 0 Å². The van der Waals surface area contributed by atoms with E-state index in [1.54, 1.807) is 0 Å². The highest BCUT2D eigenvalue weighted by atomic mass is 32.2. The number of rotatable bonds is 8. The molecule has 0 aliphatic rings. The molecule has 1 nitrogen and oxygen atoms in total. The van der Waals surface area contributed by atoms with Crippen LogP contribution >= 0.6 is 0 Å². The summed E-state index contributed by atoms with van der Waals surface area (Å²) in [6.45, 7) is 0. The van der Waals surface area contributed by atoms with Crippen molar-refractivity contribution in [2.24, 2.45) is 0 Å². The zero-order chi connectivity index (χ0) is 56.0. The lowest BCUT2D eigenvalue weighted by atomic mass is 9.12. The third kappa shape index (κ3) is 13.7. The monoisotopic (exact) mass is 1110 g/mol. The van der Waals surface area contributed by atoms with Gasteiger partial charge >= 0.3 is 49.4 Å². The molecule has 6 aromatic rings. The van der Waals surface area contributed by atoms with Gasteiger partial charge in [0.2, 0.25) is 5.78 Å². The largest absolute Gasteiger partial charge is 0.416 e. The van der Waals surface area contributed by atoms with Crippen LogP contribution < -0.4 is 21.9 Å². The van der Waals surface area contributed by atoms with E-state index in [0.29, 0.717) is 5.75 Å². The first kappa shape index (κ1) is 58.6. The molecule has 1 atom stereocenters. The molecule has 398 valence electrons. The number of Topliss-reactive ketones (excluding diaryl/α,β-unsaturated/α-hetero) is 1. The quantitative estimate of drug-likeness (QED) is 0.0642. The summed E-state index contributed by atoms with van der Waals surface area (Å²) in [4.78, 5) is 13.3. The Kier molecular flexibility index (Phi) is 16.2. The Bertz CT molecular complexity index is 2510. The van der Waals surface area contributed by atoms with E-state index in [0.717, 1.165) is 5.56 Å². The Morgan fingerprint density at radius 2 is 0.541 bits per heavy atom. The van der Waals surface area contributed by atoms with Gasteiger partial charge in [-0.15, -0.1) is 0 Å². The van der Waals surface area contributed by atoms with Crippen molar-refractivity contribution in [3.63, 3.8) is 0 Å². The van der Waals surface area contributed by atoms with Crippen LogP contribution in [-0.4, -0.2) is 23.9 Å². The normalized spacial score (nSPS) is 13.8. The molecule has 0 aliphatic carbocycles. The Morgan fingerprint density at radius 1 is 0.338 bits per heavy atom. The number of benzene rings is 6. The first-order chi connectivity index (χ1) is 33.5. The van der Waals surface area contributed by atoms with Crippen LogP contribution in [0, 0.1) is 0 Å². The first-order valence-corrected chi connectivity index (χ1v) is 22.0. The number of hydrogen-bond donors (Lipinski definition) is 0. The highest BCUT2D eigenvalue weighted by Gasteiger charge is 2.47. The molecule has 1 unspecified atom stereocenters. The van der Waals surface area contributed by atoms with E-state index in [-0.39, 0.29) is 16.7 Å². The molecule has 6 aromatic carbocycles. The van der Waals surface area contributed by atoms with Crippen molar-refractivity contribution in [3.8, 4) is 0 Å². The number of ketones is 1. The van der Waals surface area contributed by atoms with E-state index in [2.05, 4.69) is 18.4 Å². The summed E-state index contributed by atoms with van der Waals surface area (Å²) in [5.41, 5.74) is -29.4. The van der Waals surface area contributed by atoms with Crippen LogP contribution in [0.3, 0.4) is 0 Å². The third-order valence-corrected chi connectivity index (χ3v) is 12.8. The third-order valence-electron chi connectivity index (χ3n) is 11.0. The molecular weight excluding hydrogens is 1080 g/mol. The van der Waals surface area contributed by atoms with E-state index in [1.165, 1.54) is 4.90 Å². The minimum Gasteiger partial charge on any atom is -0.289 e. The lowest BCUT2D eigenvalue weighted by molar-refractivity contribution is -0.144. The van der Waals surface area contributed by atoms with Crippen LogP contribution in [0.2, 0.25) is 0 Å². The van der Waals surface area contributed by atoms with Crippen LogP contribution in [0.1, 0.15) is 54.9 Å².